The number of fused-ring (bicyclic) bond motifs is 16. The first-order valence-corrected chi connectivity index (χ1v) is 31.5. The van der Waals surface area contributed by atoms with Crippen LogP contribution in [0.4, 0.5) is 56.9 Å². The second-order valence-corrected chi connectivity index (χ2v) is 28.6. The van der Waals surface area contributed by atoms with Crippen molar-refractivity contribution in [1.82, 2.24) is 0 Å². The van der Waals surface area contributed by atoms with Crippen LogP contribution in [-0.2, 0) is 22.7 Å². The Bertz CT molecular complexity index is 4410. The first-order valence-electron chi connectivity index (χ1n) is 30.7. The minimum Gasteiger partial charge on any atom is -0.334 e. The van der Waals surface area contributed by atoms with Crippen LogP contribution in [0.5, 0.6) is 0 Å². The Labute approximate surface area is 489 Å². The maximum absolute atomic E-state index is 2.81. The van der Waals surface area contributed by atoms with E-state index < -0.39 is 0 Å². The molecule has 0 radical (unpaired) electrons. The molecule has 3 aliphatic carbocycles. The van der Waals surface area contributed by atoms with Gasteiger partial charge in [0.2, 0.25) is 0 Å². The van der Waals surface area contributed by atoms with Crippen molar-refractivity contribution >= 4 is 111 Å². The van der Waals surface area contributed by atoms with E-state index in [2.05, 4.69) is 251 Å². The second-order valence-electron chi connectivity index (χ2n) is 27.5. The number of thiophene rings is 1. The molecule has 0 N–H and O–H groups in total. The van der Waals surface area contributed by atoms with E-state index in [1.807, 2.05) is 11.3 Å². The van der Waals surface area contributed by atoms with Crippen LogP contribution in [-0.4, -0.2) is 17.8 Å². The van der Waals surface area contributed by atoms with Crippen molar-refractivity contribution < 1.29 is 0 Å². The van der Waals surface area contributed by atoms with E-state index >= 15 is 0 Å². The third kappa shape index (κ3) is 6.35. The molecule has 0 saturated heterocycles. The standard InChI is InChI=1S/C76H71BN4S/c1-47-40-67-70-68(41-47)79(64-26-19-23-57-56-22-11-14-27-69(56)82-71(57)64)66-46-53(81-63-35-28-50(72(2,3)4)44-59(63)74(6)37-16-18-39-76(74,81)8)31-34-61(66)77(70)60-33-30-52(80-62-25-13-12-24-58(62)73(5)36-15-17-38-75(73,80)7)45-65(60)78(67)51-29-32-55-49(43-51)42-48-20-9-10-21-54(48)55/h9-14,19-35,40-41,43-46H,15-18,36-39,42H2,1-8H3. The fraction of sp³-hybridized carbons (Fsp3) is 0.289. The average Bonchev–Trinajstić information content (AvgIpc) is 1.80. The lowest BCUT2D eigenvalue weighted by Crippen LogP contribution is -2.61. The van der Waals surface area contributed by atoms with Crippen molar-refractivity contribution in [3.8, 4) is 11.1 Å². The molecule has 4 nitrogen and oxygen atoms in total. The van der Waals surface area contributed by atoms with Crippen LogP contribution >= 0.6 is 11.3 Å². The summed E-state index contributed by atoms with van der Waals surface area (Å²) in [6.07, 6.45) is 10.7. The lowest BCUT2D eigenvalue weighted by molar-refractivity contribution is 0.195. The van der Waals surface area contributed by atoms with Crippen molar-refractivity contribution in [3.05, 3.63) is 209 Å². The van der Waals surface area contributed by atoms with E-state index in [4.69, 9.17) is 0 Å². The summed E-state index contributed by atoms with van der Waals surface area (Å²) in [7, 11) is 0. The van der Waals surface area contributed by atoms with E-state index in [0.717, 1.165) is 19.3 Å². The predicted molar refractivity (Wildman–Crippen MR) is 351 cm³/mol. The maximum atomic E-state index is 2.81. The highest BCUT2D eigenvalue weighted by atomic mass is 32.1. The van der Waals surface area contributed by atoms with E-state index in [9.17, 15) is 0 Å². The monoisotopic (exact) mass is 1080 g/mol. The average molecular weight is 1080 g/mol. The molecule has 7 aliphatic rings. The highest BCUT2D eigenvalue weighted by molar-refractivity contribution is 7.26. The topological polar surface area (TPSA) is 13.0 Å². The molecule has 82 heavy (non-hydrogen) atoms. The summed E-state index contributed by atoms with van der Waals surface area (Å²) >= 11 is 1.94. The molecule has 17 rings (SSSR count). The third-order valence-corrected chi connectivity index (χ3v) is 23.6. The molecule has 4 unspecified atom stereocenters. The molecule has 0 amide bonds. The molecule has 2 saturated carbocycles. The predicted octanol–water partition coefficient (Wildman–Crippen LogP) is 18.8. The van der Waals surface area contributed by atoms with Gasteiger partial charge >= 0.3 is 0 Å². The van der Waals surface area contributed by atoms with Gasteiger partial charge in [-0.3, -0.25) is 0 Å². The largest absolute Gasteiger partial charge is 0.334 e. The van der Waals surface area contributed by atoms with Gasteiger partial charge in [0.25, 0.3) is 6.71 Å². The summed E-state index contributed by atoms with van der Waals surface area (Å²) in [5.41, 5.74) is 28.1. The molecule has 6 heteroatoms. The normalized spacial score (nSPS) is 23.5. The summed E-state index contributed by atoms with van der Waals surface area (Å²) in [5, 5.41) is 2.64. The van der Waals surface area contributed by atoms with Gasteiger partial charge in [0, 0.05) is 77.5 Å². The molecule has 2 fully saturated rings. The van der Waals surface area contributed by atoms with E-state index in [1.165, 1.54) is 176 Å². The SMILES string of the molecule is Cc1cc2c3c(c1)N(c1cccc4c1sc1ccccc14)c1cc(N4c5ccc(C(C)(C)C)cc5C5(C)CCCCC45C)ccc1B3c1ccc(N3c4ccccc4C4(C)CCCCC34C)cc1N2c1ccc2c(c1)Cc1ccccc1-2. The van der Waals surface area contributed by atoms with Crippen LogP contribution in [0.15, 0.2) is 176 Å². The zero-order valence-corrected chi connectivity index (χ0v) is 49.7. The minimum absolute atomic E-state index is 0.00449. The molecule has 5 heterocycles. The van der Waals surface area contributed by atoms with E-state index in [0.29, 0.717) is 0 Å². The van der Waals surface area contributed by atoms with Gasteiger partial charge in [-0.15, -0.1) is 11.3 Å². The molecule has 9 aromatic carbocycles. The van der Waals surface area contributed by atoms with E-state index in [1.54, 1.807) is 0 Å². The van der Waals surface area contributed by atoms with E-state index in [-0.39, 0.29) is 34.0 Å². The number of benzene rings is 9. The molecule has 10 aromatic rings. The Morgan fingerprint density at radius 2 is 1.04 bits per heavy atom. The number of anilines is 10. The first kappa shape index (κ1) is 49.1. The fourth-order valence-electron chi connectivity index (χ4n) is 17.8. The number of aryl methyl sites for hydroxylation is 1. The molecule has 1 aromatic heterocycles. The van der Waals surface area contributed by atoms with Crippen molar-refractivity contribution in [2.24, 2.45) is 0 Å². The summed E-state index contributed by atoms with van der Waals surface area (Å²) in [6, 6.07) is 69.8. The minimum atomic E-state index is -0.101. The van der Waals surface area contributed by atoms with Crippen LogP contribution in [0.2, 0.25) is 0 Å². The van der Waals surface area contributed by atoms with Gasteiger partial charge in [0.15, 0.2) is 0 Å². The van der Waals surface area contributed by atoms with Crippen LogP contribution in [0, 0.1) is 6.92 Å². The van der Waals surface area contributed by atoms with Crippen LogP contribution < -0.4 is 36.0 Å². The van der Waals surface area contributed by atoms with Crippen molar-refractivity contribution in [2.75, 3.05) is 19.6 Å². The van der Waals surface area contributed by atoms with Gasteiger partial charge in [0.1, 0.15) is 0 Å². The summed E-state index contributed by atoms with van der Waals surface area (Å²) in [5.74, 6) is 0. The number of para-hydroxylation sites is 1. The smallest absolute Gasteiger partial charge is 0.252 e. The number of rotatable bonds is 4. The van der Waals surface area contributed by atoms with Gasteiger partial charge in [-0.25, -0.2) is 0 Å². The Morgan fingerprint density at radius 1 is 0.451 bits per heavy atom. The summed E-state index contributed by atoms with van der Waals surface area (Å²) < 4.78 is 2.65. The van der Waals surface area contributed by atoms with Crippen molar-refractivity contribution in [2.45, 2.75) is 141 Å². The molecule has 4 aliphatic heterocycles. The molecule has 0 bridgehead atoms. The zero-order chi connectivity index (χ0) is 55.4. The highest BCUT2D eigenvalue weighted by Crippen LogP contribution is 2.64. The Balaban J connectivity index is 0.934. The van der Waals surface area contributed by atoms with Gasteiger partial charge in [-0.05, 0) is 192 Å². The molecule has 0 spiro atoms. The van der Waals surface area contributed by atoms with Gasteiger partial charge in [-0.2, -0.15) is 0 Å². The van der Waals surface area contributed by atoms with Crippen LogP contribution in [0.1, 0.15) is 133 Å². The lowest BCUT2D eigenvalue weighted by Gasteiger charge is -2.51. The van der Waals surface area contributed by atoms with Crippen molar-refractivity contribution in [3.63, 3.8) is 0 Å². The Morgan fingerprint density at radius 3 is 1.78 bits per heavy atom. The quantitative estimate of drug-likeness (QED) is 0.163. The lowest BCUT2D eigenvalue weighted by atomic mass is 9.33. The molecular formula is C76H71BN4S. The summed E-state index contributed by atoms with van der Waals surface area (Å²) in [6.45, 7) is 19.8. The van der Waals surface area contributed by atoms with Crippen LogP contribution in [0.25, 0.3) is 31.3 Å². The second kappa shape index (κ2) is 16.8. The molecule has 404 valence electrons. The third-order valence-electron chi connectivity index (χ3n) is 22.3. The fourth-order valence-corrected chi connectivity index (χ4v) is 19.0. The van der Waals surface area contributed by atoms with Crippen LogP contribution in [0.3, 0.4) is 0 Å². The number of hydrogen-bond acceptors (Lipinski definition) is 5. The maximum Gasteiger partial charge on any atom is 0.252 e. The molecular weight excluding hydrogens is 1010 g/mol. The van der Waals surface area contributed by atoms with Gasteiger partial charge < -0.3 is 19.6 Å². The Hall–Kier alpha value is -7.54. The zero-order valence-electron chi connectivity index (χ0n) is 48.9. The van der Waals surface area contributed by atoms with Crippen molar-refractivity contribution in [1.29, 1.82) is 0 Å². The van der Waals surface area contributed by atoms with Gasteiger partial charge in [-0.1, -0.05) is 163 Å². The highest BCUT2D eigenvalue weighted by Gasteiger charge is 2.60. The molecule has 4 atom stereocenters. The number of hydrogen-bond donors (Lipinski definition) is 0. The van der Waals surface area contributed by atoms with Gasteiger partial charge in [0.05, 0.1) is 21.5 Å². The summed E-state index contributed by atoms with van der Waals surface area (Å²) in [4.78, 5) is 11.0. The Kier molecular flexibility index (Phi) is 10.1. The number of nitrogens with zero attached hydrogens (tertiary/aromatic N) is 4. The first-order chi connectivity index (χ1) is 39.7.